The molecule has 1 aliphatic rings. The molecule has 7 rings (SSSR count). The van der Waals surface area contributed by atoms with Crippen molar-refractivity contribution in [1.29, 1.82) is 0 Å². The van der Waals surface area contributed by atoms with Gasteiger partial charge in [-0.25, -0.2) is 9.67 Å². The van der Waals surface area contributed by atoms with Gasteiger partial charge in [-0.05, 0) is 58.3 Å². The van der Waals surface area contributed by atoms with E-state index in [-0.39, 0.29) is 6.04 Å². The summed E-state index contributed by atoms with van der Waals surface area (Å²) >= 11 is 1.77. The topological polar surface area (TPSA) is 75.9 Å². The van der Waals surface area contributed by atoms with E-state index in [1.54, 1.807) is 11.3 Å². The van der Waals surface area contributed by atoms with Crippen LogP contribution in [0, 0.1) is 0 Å². The molecule has 1 fully saturated rings. The van der Waals surface area contributed by atoms with Gasteiger partial charge in [-0.1, -0.05) is 65.9 Å². The third kappa shape index (κ3) is 4.86. The van der Waals surface area contributed by atoms with Gasteiger partial charge in [0.25, 0.3) is 0 Å². The van der Waals surface area contributed by atoms with Crippen LogP contribution in [0.15, 0.2) is 91.1 Å². The van der Waals surface area contributed by atoms with Gasteiger partial charge in [-0.15, -0.1) is 5.10 Å². The predicted octanol–water partition coefficient (Wildman–Crippen LogP) is 4.99. The Bertz CT molecular complexity index is 1670. The number of tetrazole rings is 1. The summed E-state index contributed by atoms with van der Waals surface area (Å²) in [4.78, 5) is 14.3. The Morgan fingerprint density at radius 2 is 1.67 bits per heavy atom. The van der Waals surface area contributed by atoms with Gasteiger partial charge >= 0.3 is 0 Å². The quantitative estimate of drug-likeness (QED) is 0.287. The number of aromatic nitrogens is 6. The highest BCUT2D eigenvalue weighted by Gasteiger charge is 2.31. The van der Waals surface area contributed by atoms with Crippen molar-refractivity contribution in [2.75, 3.05) is 31.1 Å². The summed E-state index contributed by atoms with van der Waals surface area (Å²) in [5, 5.41) is 15.4. The highest BCUT2D eigenvalue weighted by molar-refractivity contribution is 7.22. The fourth-order valence-electron chi connectivity index (χ4n) is 5.40. The van der Waals surface area contributed by atoms with E-state index < -0.39 is 0 Å². The highest BCUT2D eigenvalue weighted by atomic mass is 32.1. The Labute approximate surface area is 230 Å². The average molecular weight is 533 g/mol. The number of nitrogens with zero attached hydrogens (tertiary/aromatic N) is 8. The van der Waals surface area contributed by atoms with Gasteiger partial charge in [-0.3, -0.25) is 9.88 Å². The minimum Gasteiger partial charge on any atom is -0.345 e. The van der Waals surface area contributed by atoms with Crippen molar-refractivity contribution in [3.05, 3.63) is 108 Å². The number of anilines is 1. The number of fused-ring (bicyclic) bond motifs is 2. The second-order valence-electron chi connectivity index (χ2n) is 9.84. The van der Waals surface area contributed by atoms with E-state index in [1.807, 2.05) is 23.0 Å². The molecule has 9 heteroatoms. The standard InChI is InChI=1S/C30H28N8S/c1-2-7-22(8-3-1)14-16-38-29(33-34-35-38)28(24-12-13-25-23(21-24)9-6-15-31-25)36-17-19-37(20-18-36)30-32-26-10-4-5-11-27(26)39-30/h1-13,15,21,28H,14,16-20H2/t28-/m0/s1. The lowest BCUT2D eigenvalue weighted by atomic mass is 10.0. The van der Waals surface area contributed by atoms with Crippen LogP contribution in [0.1, 0.15) is 23.0 Å². The highest BCUT2D eigenvalue weighted by Crippen LogP contribution is 2.33. The van der Waals surface area contributed by atoms with Crippen LogP contribution >= 0.6 is 11.3 Å². The van der Waals surface area contributed by atoms with Crippen molar-refractivity contribution >= 4 is 37.6 Å². The van der Waals surface area contributed by atoms with Gasteiger partial charge in [0.15, 0.2) is 11.0 Å². The van der Waals surface area contributed by atoms with E-state index in [4.69, 9.17) is 4.98 Å². The van der Waals surface area contributed by atoms with Gasteiger partial charge in [0.05, 0.1) is 21.8 Å². The molecule has 3 aromatic heterocycles. The first-order chi connectivity index (χ1) is 19.3. The third-order valence-electron chi connectivity index (χ3n) is 7.43. The number of pyridine rings is 1. The summed E-state index contributed by atoms with van der Waals surface area (Å²) in [6, 6.07) is 29.4. The third-order valence-corrected chi connectivity index (χ3v) is 8.53. The molecule has 0 N–H and O–H groups in total. The van der Waals surface area contributed by atoms with Crippen molar-refractivity contribution < 1.29 is 0 Å². The van der Waals surface area contributed by atoms with Crippen LogP contribution in [-0.2, 0) is 13.0 Å². The monoisotopic (exact) mass is 532 g/mol. The summed E-state index contributed by atoms with van der Waals surface area (Å²) in [5.74, 6) is 0.877. The maximum atomic E-state index is 4.90. The fraction of sp³-hybridized carbons (Fsp3) is 0.233. The summed E-state index contributed by atoms with van der Waals surface area (Å²) in [5.41, 5.74) is 4.51. The molecule has 0 bridgehead atoms. The lowest BCUT2D eigenvalue weighted by molar-refractivity contribution is 0.200. The Morgan fingerprint density at radius 3 is 2.54 bits per heavy atom. The number of benzene rings is 3. The molecule has 0 amide bonds. The van der Waals surface area contributed by atoms with Crippen molar-refractivity contribution in [1.82, 2.24) is 35.1 Å². The molecule has 1 atom stereocenters. The number of hydrogen-bond donors (Lipinski definition) is 0. The summed E-state index contributed by atoms with van der Waals surface area (Å²) in [6.45, 7) is 4.30. The molecule has 1 aliphatic heterocycles. The van der Waals surface area contributed by atoms with E-state index in [0.717, 1.165) is 66.5 Å². The fourth-order valence-corrected chi connectivity index (χ4v) is 6.42. The average Bonchev–Trinajstić information content (AvgIpc) is 3.64. The van der Waals surface area contributed by atoms with Gasteiger partial charge in [-0.2, -0.15) is 0 Å². The first-order valence-corrected chi connectivity index (χ1v) is 14.1. The molecule has 0 spiro atoms. The molecular weight excluding hydrogens is 504 g/mol. The molecular formula is C30H28N8S. The van der Waals surface area contributed by atoms with E-state index in [2.05, 4.69) is 103 Å². The van der Waals surface area contributed by atoms with Crippen LogP contribution in [-0.4, -0.2) is 61.3 Å². The summed E-state index contributed by atoms with van der Waals surface area (Å²) in [7, 11) is 0. The molecule has 194 valence electrons. The SMILES string of the molecule is c1ccc(CCn2nnnc2[C@H](c2ccc3ncccc3c2)N2CCN(c3nc4ccccc4s3)CC2)cc1. The van der Waals surface area contributed by atoms with Crippen molar-refractivity contribution in [3.63, 3.8) is 0 Å². The molecule has 39 heavy (non-hydrogen) atoms. The maximum absolute atomic E-state index is 4.90. The zero-order valence-electron chi connectivity index (χ0n) is 21.5. The molecule has 0 saturated carbocycles. The molecule has 0 aliphatic carbocycles. The lowest BCUT2D eigenvalue weighted by Gasteiger charge is -2.38. The zero-order chi connectivity index (χ0) is 26.0. The Hall–Kier alpha value is -4.21. The van der Waals surface area contributed by atoms with Crippen LogP contribution in [0.3, 0.4) is 0 Å². The maximum Gasteiger partial charge on any atom is 0.186 e. The Morgan fingerprint density at radius 1 is 0.821 bits per heavy atom. The molecule has 0 radical (unpaired) electrons. The van der Waals surface area contributed by atoms with Gasteiger partial charge < -0.3 is 4.90 Å². The van der Waals surface area contributed by atoms with E-state index in [9.17, 15) is 0 Å². The summed E-state index contributed by atoms with van der Waals surface area (Å²) in [6.07, 6.45) is 2.71. The molecule has 0 unspecified atom stereocenters. The second kappa shape index (κ2) is 10.5. The number of para-hydroxylation sites is 1. The molecule has 3 aromatic carbocycles. The first-order valence-electron chi connectivity index (χ1n) is 13.3. The minimum atomic E-state index is -0.0575. The van der Waals surface area contributed by atoms with Gasteiger partial charge in [0.1, 0.15) is 0 Å². The number of aryl methyl sites for hydroxylation is 2. The minimum absolute atomic E-state index is 0.0575. The Kier molecular flexibility index (Phi) is 6.43. The molecule has 4 heterocycles. The number of thiazole rings is 1. The van der Waals surface area contributed by atoms with Crippen LogP contribution in [0.4, 0.5) is 5.13 Å². The number of hydrogen-bond acceptors (Lipinski definition) is 8. The second-order valence-corrected chi connectivity index (χ2v) is 10.9. The lowest BCUT2D eigenvalue weighted by Crippen LogP contribution is -2.48. The number of piperazine rings is 1. The van der Waals surface area contributed by atoms with E-state index >= 15 is 0 Å². The van der Waals surface area contributed by atoms with Crippen LogP contribution < -0.4 is 4.90 Å². The molecule has 1 saturated heterocycles. The summed E-state index contributed by atoms with van der Waals surface area (Å²) < 4.78 is 3.21. The first kappa shape index (κ1) is 23.9. The van der Waals surface area contributed by atoms with Crippen molar-refractivity contribution in [3.8, 4) is 0 Å². The molecule has 8 nitrogen and oxygen atoms in total. The van der Waals surface area contributed by atoms with Gasteiger partial charge in [0, 0.05) is 44.3 Å². The normalized spacial score (nSPS) is 15.2. The van der Waals surface area contributed by atoms with Crippen LogP contribution in [0.2, 0.25) is 0 Å². The van der Waals surface area contributed by atoms with Crippen molar-refractivity contribution in [2.45, 2.75) is 19.0 Å². The largest absolute Gasteiger partial charge is 0.345 e. The predicted molar refractivity (Wildman–Crippen MR) is 155 cm³/mol. The van der Waals surface area contributed by atoms with Crippen molar-refractivity contribution in [2.24, 2.45) is 0 Å². The molecule has 6 aromatic rings. The number of rotatable bonds is 7. The smallest absolute Gasteiger partial charge is 0.186 e. The Balaban J connectivity index is 1.18. The van der Waals surface area contributed by atoms with Crippen LogP contribution in [0.25, 0.3) is 21.1 Å². The van der Waals surface area contributed by atoms with E-state index in [1.165, 1.54) is 15.8 Å². The van der Waals surface area contributed by atoms with Crippen LogP contribution in [0.5, 0.6) is 0 Å². The van der Waals surface area contributed by atoms with E-state index in [0.29, 0.717) is 0 Å². The van der Waals surface area contributed by atoms with Gasteiger partial charge in [0.2, 0.25) is 0 Å². The zero-order valence-corrected chi connectivity index (χ0v) is 22.3.